The van der Waals surface area contributed by atoms with E-state index in [0.29, 0.717) is 32.2 Å². The molecule has 0 radical (unpaired) electrons. The molecular formula is C18H36S2. The molecule has 0 bridgehead atoms. The first-order valence-corrected chi connectivity index (χ1v) is 10.3. The highest BCUT2D eigenvalue weighted by Crippen LogP contribution is 2.59. The SMILES string of the molecule is CC(C)(C)[C@H]1SS[C@H](C(C)(C)C)C(C)(C)CCC1(C)C. The van der Waals surface area contributed by atoms with Gasteiger partial charge in [-0.25, -0.2) is 0 Å². The fourth-order valence-electron chi connectivity index (χ4n) is 3.91. The van der Waals surface area contributed by atoms with Gasteiger partial charge in [-0.15, -0.1) is 0 Å². The zero-order valence-electron chi connectivity index (χ0n) is 15.4. The molecule has 0 aromatic carbocycles. The number of rotatable bonds is 0. The molecule has 120 valence electrons. The van der Waals surface area contributed by atoms with Gasteiger partial charge in [0.25, 0.3) is 0 Å². The van der Waals surface area contributed by atoms with Crippen molar-refractivity contribution in [1.82, 2.24) is 0 Å². The molecule has 1 heterocycles. The van der Waals surface area contributed by atoms with Gasteiger partial charge >= 0.3 is 0 Å². The van der Waals surface area contributed by atoms with E-state index in [4.69, 9.17) is 0 Å². The van der Waals surface area contributed by atoms with E-state index in [1.807, 2.05) is 0 Å². The summed E-state index contributed by atoms with van der Waals surface area (Å²) in [6, 6.07) is 0. The summed E-state index contributed by atoms with van der Waals surface area (Å²) < 4.78 is 0. The summed E-state index contributed by atoms with van der Waals surface area (Å²) in [5.41, 5.74) is 1.56. The van der Waals surface area contributed by atoms with E-state index in [1.54, 1.807) is 0 Å². The molecule has 1 aliphatic heterocycles. The second-order valence-electron chi connectivity index (χ2n) is 10.2. The fourth-order valence-corrected chi connectivity index (χ4v) is 9.43. The topological polar surface area (TPSA) is 0 Å². The molecule has 0 N–H and O–H groups in total. The molecule has 20 heavy (non-hydrogen) atoms. The molecule has 0 amide bonds. The Morgan fingerprint density at radius 2 is 0.900 bits per heavy atom. The molecule has 2 heteroatoms. The Morgan fingerprint density at radius 1 is 0.650 bits per heavy atom. The first-order valence-electron chi connectivity index (χ1n) is 8.00. The third-order valence-electron chi connectivity index (χ3n) is 4.65. The Labute approximate surface area is 136 Å². The second kappa shape index (κ2) is 5.72. The van der Waals surface area contributed by atoms with E-state index >= 15 is 0 Å². The molecule has 0 aromatic heterocycles. The zero-order chi connectivity index (χ0) is 16.0. The zero-order valence-corrected chi connectivity index (χ0v) is 17.0. The lowest BCUT2D eigenvalue weighted by molar-refractivity contribution is 0.150. The van der Waals surface area contributed by atoms with Crippen molar-refractivity contribution in [1.29, 1.82) is 0 Å². The molecule has 1 aliphatic rings. The van der Waals surface area contributed by atoms with Gasteiger partial charge in [-0.2, -0.15) is 0 Å². The van der Waals surface area contributed by atoms with Crippen LogP contribution in [0, 0.1) is 21.7 Å². The van der Waals surface area contributed by atoms with Crippen LogP contribution >= 0.6 is 21.6 Å². The third-order valence-corrected chi connectivity index (χ3v) is 9.33. The van der Waals surface area contributed by atoms with Crippen LogP contribution in [0.5, 0.6) is 0 Å². The van der Waals surface area contributed by atoms with Gasteiger partial charge in [0.15, 0.2) is 0 Å². The maximum atomic E-state index is 2.48. The van der Waals surface area contributed by atoms with Gasteiger partial charge < -0.3 is 0 Å². The first kappa shape index (κ1) is 18.7. The minimum atomic E-state index is 0.366. The minimum Gasteiger partial charge on any atom is -0.0893 e. The Morgan fingerprint density at radius 3 is 1.10 bits per heavy atom. The van der Waals surface area contributed by atoms with Crippen LogP contribution in [0.1, 0.15) is 82.1 Å². The smallest absolute Gasteiger partial charge is 0.0251 e. The highest BCUT2D eigenvalue weighted by molar-refractivity contribution is 8.77. The van der Waals surface area contributed by atoms with Crippen molar-refractivity contribution < 1.29 is 0 Å². The maximum absolute atomic E-state index is 2.48. The van der Waals surface area contributed by atoms with Crippen LogP contribution in [0.25, 0.3) is 0 Å². The Kier molecular flexibility index (Phi) is 5.36. The molecule has 2 atom stereocenters. The van der Waals surface area contributed by atoms with Crippen molar-refractivity contribution in [3.8, 4) is 0 Å². The van der Waals surface area contributed by atoms with Crippen LogP contribution in [0.3, 0.4) is 0 Å². The van der Waals surface area contributed by atoms with Crippen LogP contribution < -0.4 is 0 Å². The molecule has 0 saturated carbocycles. The monoisotopic (exact) mass is 316 g/mol. The third kappa shape index (κ3) is 4.35. The lowest BCUT2D eigenvalue weighted by Crippen LogP contribution is -2.44. The first-order chi connectivity index (χ1) is 8.68. The lowest BCUT2D eigenvalue weighted by atomic mass is 9.67. The van der Waals surface area contributed by atoms with E-state index in [0.717, 1.165) is 0 Å². The fraction of sp³-hybridized carbons (Fsp3) is 1.00. The Balaban J connectivity index is 3.07. The molecular weight excluding hydrogens is 280 g/mol. The van der Waals surface area contributed by atoms with Crippen LogP contribution in [0.4, 0.5) is 0 Å². The predicted molar refractivity (Wildman–Crippen MR) is 98.5 cm³/mol. The van der Waals surface area contributed by atoms with E-state index in [9.17, 15) is 0 Å². The van der Waals surface area contributed by atoms with Crippen LogP contribution in [0.15, 0.2) is 0 Å². The van der Waals surface area contributed by atoms with E-state index < -0.39 is 0 Å². The summed E-state index contributed by atoms with van der Waals surface area (Å²) in [7, 11) is 4.33. The highest BCUT2D eigenvalue weighted by Gasteiger charge is 2.46. The van der Waals surface area contributed by atoms with Crippen LogP contribution in [0.2, 0.25) is 0 Å². The highest BCUT2D eigenvalue weighted by atomic mass is 33.1. The summed E-state index contributed by atoms with van der Waals surface area (Å²) in [6.07, 6.45) is 2.67. The van der Waals surface area contributed by atoms with E-state index in [1.165, 1.54) is 12.8 Å². The predicted octanol–water partition coefficient (Wildman–Crippen LogP) is 7.04. The molecule has 1 saturated heterocycles. The average molecular weight is 317 g/mol. The quantitative estimate of drug-likeness (QED) is 0.439. The van der Waals surface area contributed by atoms with Gasteiger partial charge in [-0.05, 0) is 34.5 Å². The van der Waals surface area contributed by atoms with Crippen molar-refractivity contribution in [3.05, 3.63) is 0 Å². The summed E-state index contributed by atoms with van der Waals surface area (Å²) in [4.78, 5) is 0. The largest absolute Gasteiger partial charge is 0.0893 e. The van der Waals surface area contributed by atoms with Crippen molar-refractivity contribution in [2.75, 3.05) is 0 Å². The summed E-state index contributed by atoms with van der Waals surface area (Å²) in [5, 5.41) is 1.42. The van der Waals surface area contributed by atoms with Gasteiger partial charge in [-0.3, -0.25) is 0 Å². The molecule has 1 rings (SSSR count). The summed E-state index contributed by atoms with van der Waals surface area (Å²) >= 11 is 0. The van der Waals surface area contributed by atoms with E-state index in [-0.39, 0.29) is 0 Å². The second-order valence-corrected chi connectivity index (χ2v) is 12.6. The molecule has 0 unspecified atom stereocenters. The Bertz CT molecular complexity index is 294. The number of hydrogen-bond donors (Lipinski definition) is 0. The Hall–Kier alpha value is 0.700. The average Bonchev–Trinajstić information content (AvgIpc) is 2.16. The van der Waals surface area contributed by atoms with E-state index in [2.05, 4.69) is 90.8 Å². The van der Waals surface area contributed by atoms with Gasteiger partial charge in [0, 0.05) is 10.5 Å². The lowest BCUT2D eigenvalue weighted by Gasteiger charge is -2.50. The molecule has 0 aromatic rings. The normalized spacial score (nSPS) is 31.5. The minimum absolute atomic E-state index is 0.366. The van der Waals surface area contributed by atoms with Gasteiger partial charge in [0.1, 0.15) is 0 Å². The molecule has 0 spiro atoms. The summed E-state index contributed by atoms with van der Waals surface area (Å²) in [5.74, 6) is 0. The summed E-state index contributed by atoms with van der Waals surface area (Å²) in [6.45, 7) is 24.4. The van der Waals surface area contributed by atoms with Gasteiger partial charge in [0.2, 0.25) is 0 Å². The molecule has 0 nitrogen and oxygen atoms in total. The van der Waals surface area contributed by atoms with Crippen LogP contribution in [-0.2, 0) is 0 Å². The van der Waals surface area contributed by atoms with Crippen molar-refractivity contribution >= 4 is 21.6 Å². The molecule has 0 aliphatic carbocycles. The molecule has 1 fully saturated rings. The van der Waals surface area contributed by atoms with Crippen molar-refractivity contribution in [2.24, 2.45) is 21.7 Å². The van der Waals surface area contributed by atoms with Crippen LogP contribution in [-0.4, -0.2) is 10.5 Å². The maximum Gasteiger partial charge on any atom is 0.0251 e. The van der Waals surface area contributed by atoms with Crippen molar-refractivity contribution in [3.63, 3.8) is 0 Å². The van der Waals surface area contributed by atoms with Gasteiger partial charge in [-0.1, -0.05) is 90.8 Å². The number of hydrogen-bond acceptors (Lipinski definition) is 2. The van der Waals surface area contributed by atoms with Gasteiger partial charge in [0.05, 0.1) is 0 Å². The standard InChI is InChI=1S/C18H36S2/c1-15(2,3)13-17(7,8)11-12-18(9,10)14(20-19-13)16(4,5)6/h13-14H,11-12H2,1-10H3/t13-,14-/m1/s1. The van der Waals surface area contributed by atoms with Crippen molar-refractivity contribution in [2.45, 2.75) is 92.6 Å².